The van der Waals surface area contributed by atoms with E-state index < -0.39 is 0 Å². The van der Waals surface area contributed by atoms with E-state index in [1.165, 1.54) is 0 Å². The second-order valence-electron chi connectivity index (χ2n) is 4.94. The minimum atomic E-state index is -0.254. The van der Waals surface area contributed by atoms with Crippen molar-refractivity contribution >= 4 is 5.97 Å². The molecule has 114 valence electrons. The van der Waals surface area contributed by atoms with Crippen molar-refractivity contribution in [3.8, 4) is 0 Å². The molecule has 0 saturated heterocycles. The number of hydrogen-bond acceptors (Lipinski definition) is 3. The topological polar surface area (TPSA) is 35.5 Å². The van der Waals surface area contributed by atoms with Crippen LogP contribution in [0.1, 0.15) is 26.7 Å². The monoisotopic (exact) mass is 288 g/mol. The minimum Gasteiger partial charge on any atom is -0.494 e. The first-order valence-electron chi connectivity index (χ1n) is 7.29. The van der Waals surface area contributed by atoms with Crippen molar-refractivity contribution in [1.82, 2.24) is 0 Å². The molecule has 0 N–H and O–H groups in total. The first-order valence-corrected chi connectivity index (χ1v) is 7.29. The Balaban J connectivity index is 2.30. The zero-order chi connectivity index (χ0) is 15.5. The molecular weight excluding hydrogens is 264 g/mol. The van der Waals surface area contributed by atoms with Gasteiger partial charge in [-0.05, 0) is 31.9 Å². The molecule has 0 amide bonds. The van der Waals surface area contributed by atoms with Gasteiger partial charge in [0.05, 0.1) is 18.8 Å². The lowest BCUT2D eigenvalue weighted by Gasteiger charge is -2.14. The predicted octanol–water partition coefficient (Wildman–Crippen LogP) is 4.10. The molecule has 0 radical (unpaired) electrons. The van der Waals surface area contributed by atoms with Gasteiger partial charge in [-0.25, -0.2) is 4.79 Å². The number of rotatable bonds is 8. The summed E-state index contributed by atoms with van der Waals surface area (Å²) in [5.74, 6) is 0.663. The van der Waals surface area contributed by atoms with Crippen LogP contribution in [0.4, 0.5) is 0 Å². The Morgan fingerprint density at radius 2 is 2.14 bits per heavy atom. The van der Waals surface area contributed by atoms with Gasteiger partial charge in [0.2, 0.25) is 0 Å². The van der Waals surface area contributed by atoms with Crippen LogP contribution in [0.2, 0.25) is 0 Å². The van der Waals surface area contributed by atoms with Gasteiger partial charge in [-0.3, -0.25) is 0 Å². The lowest BCUT2D eigenvalue weighted by atomic mass is 10.1. The van der Waals surface area contributed by atoms with Gasteiger partial charge in [0.25, 0.3) is 0 Å². The van der Waals surface area contributed by atoms with Gasteiger partial charge in [0, 0.05) is 5.92 Å². The highest BCUT2D eigenvalue weighted by Crippen LogP contribution is 2.12. The Kier molecular flexibility index (Phi) is 7.95. The smallest absolute Gasteiger partial charge is 0.337 e. The number of hydrogen-bond donors (Lipinski definition) is 0. The van der Waals surface area contributed by atoms with E-state index in [9.17, 15) is 4.79 Å². The second-order valence-corrected chi connectivity index (χ2v) is 4.94. The van der Waals surface area contributed by atoms with Crippen molar-refractivity contribution in [1.29, 1.82) is 0 Å². The van der Waals surface area contributed by atoms with Crippen molar-refractivity contribution in [2.24, 2.45) is 5.92 Å². The van der Waals surface area contributed by atoms with E-state index in [2.05, 4.69) is 6.58 Å². The number of ether oxygens (including phenoxy) is 2. The maximum Gasteiger partial charge on any atom is 0.337 e. The Hall–Kier alpha value is -2.03. The summed E-state index contributed by atoms with van der Waals surface area (Å²) in [6, 6.07) is 0. The van der Waals surface area contributed by atoms with E-state index in [1.54, 1.807) is 6.08 Å². The molecule has 1 unspecified atom stereocenters. The lowest BCUT2D eigenvalue weighted by molar-refractivity contribution is -0.140. The molecule has 0 aliphatic heterocycles. The summed E-state index contributed by atoms with van der Waals surface area (Å²) >= 11 is 0. The molecule has 0 aromatic carbocycles. The molecule has 1 rings (SSSR count). The highest BCUT2D eigenvalue weighted by molar-refractivity contribution is 5.91. The number of carbonyl (C=O) groups is 1. The molecule has 21 heavy (non-hydrogen) atoms. The third-order valence-electron chi connectivity index (χ3n) is 2.95. The minimum absolute atomic E-state index is 0.134. The first kappa shape index (κ1) is 17.0. The molecular formula is C18H24O3. The molecule has 1 aliphatic rings. The first-order chi connectivity index (χ1) is 10.2. The van der Waals surface area contributed by atoms with Crippen molar-refractivity contribution in [3.63, 3.8) is 0 Å². The van der Waals surface area contributed by atoms with Crippen LogP contribution >= 0.6 is 0 Å². The summed E-state index contributed by atoms with van der Waals surface area (Å²) in [6.07, 6.45) is 14.9. The van der Waals surface area contributed by atoms with Crippen LogP contribution < -0.4 is 0 Å². The third-order valence-corrected chi connectivity index (χ3v) is 2.95. The average Bonchev–Trinajstić information content (AvgIpc) is 2.53. The fourth-order valence-corrected chi connectivity index (χ4v) is 1.74. The van der Waals surface area contributed by atoms with E-state index in [0.29, 0.717) is 18.8 Å². The Morgan fingerprint density at radius 3 is 2.76 bits per heavy atom. The molecule has 0 fully saturated rings. The molecule has 3 nitrogen and oxygen atoms in total. The quantitative estimate of drug-likeness (QED) is 0.383. The summed E-state index contributed by atoms with van der Waals surface area (Å²) in [7, 11) is 0. The maximum absolute atomic E-state index is 11.8. The molecule has 3 heteroatoms. The van der Waals surface area contributed by atoms with E-state index in [-0.39, 0.29) is 11.9 Å². The molecule has 0 aromatic rings. The van der Waals surface area contributed by atoms with Gasteiger partial charge in [0.1, 0.15) is 5.76 Å². The third kappa shape index (κ3) is 6.80. The van der Waals surface area contributed by atoms with Crippen LogP contribution in [-0.2, 0) is 14.3 Å². The van der Waals surface area contributed by atoms with Gasteiger partial charge < -0.3 is 9.47 Å². The summed E-state index contributed by atoms with van der Waals surface area (Å²) in [4.78, 5) is 11.8. The van der Waals surface area contributed by atoms with Crippen molar-refractivity contribution in [3.05, 3.63) is 60.4 Å². The second kappa shape index (κ2) is 9.81. The lowest BCUT2D eigenvalue weighted by Crippen LogP contribution is -2.17. The maximum atomic E-state index is 11.8. The van der Waals surface area contributed by atoms with Gasteiger partial charge in [-0.1, -0.05) is 43.9 Å². The van der Waals surface area contributed by atoms with Crippen LogP contribution in [0.15, 0.2) is 60.4 Å². The van der Waals surface area contributed by atoms with Crippen LogP contribution in [0.5, 0.6) is 0 Å². The largest absolute Gasteiger partial charge is 0.494 e. The number of carbonyl (C=O) groups excluding carboxylic acids is 1. The van der Waals surface area contributed by atoms with E-state index in [0.717, 1.165) is 18.6 Å². The van der Waals surface area contributed by atoms with E-state index in [4.69, 9.17) is 9.47 Å². The molecule has 1 aliphatic carbocycles. The van der Waals surface area contributed by atoms with Crippen LogP contribution in [0.3, 0.4) is 0 Å². The number of esters is 1. The van der Waals surface area contributed by atoms with E-state index in [1.807, 2.05) is 50.3 Å². The molecule has 0 spiro atoms. The SMILES string of the molecule is C=C/C=C\C(=C/C)OCC(C)COC(=O)C1=CCCC=C1. The molecule has 0 bridgehead atoms. The Morgan fingerprint density at radius 1 is 1.38 bits per heavy atom. The zero-order valence-electron chi connectivity index (χ0n) is 12.9. The van der Waals surface area contributed by atoms with Crippen molar-refractivity contribution in [2.45, 2.75) is 26.7 Å². The van der Waals surface area contributed by atoms with Gasteiger partial charge in [0.15, 0.2) is 0 Å². The fourth-order valence-electron chi connectivity index (χ4n) is 1.74. The van der Waals surface area contributed by atoms with Crippen LogP contribution in [0.25, 0.3) is 0 Å². The summed E-state index contributed by atoms with van der Waals surface area (Å²) in [5.41, 5.74) is 0.650. The number of allylic oxidation sites excluding steroid dienone is 6. The van der Waals surface area contributed by atoms with Gasteiger partial charge in [-0.15, -0.1) is 0 Å². The zero-order valence-corrected chi connectivity index (χ0v) is 12.9. The Labute approximate surface area is 127 Å². The average molecular weight is 288 g/mol. The van der Waals surface area contributed by atoms with Crippen molar-refractivity contribution in [2.75, 3.05) is 13.2 Å². The standard InChI is InChI=1S/C18H24O3/c1-4-6-12-17(5-2)20-13-15(3)14-21-18(19)16-10-8-7-9-11-16/h4-6,8,10-12,15H,1,7,9,13-14H2,2-3H3/b12-6-,17-5+. The van der Waals surface area contributed by atoms with Gasteiger partial charge in [-0.2, -0.15) is 0 Å². The molecule has 1 atom stereocenters. The summed E-state index contributed by atoms with van der Waals surface area (Å²) in [6.45, 7) is 8.38. The summed E-state index contributed by atoms with van der Waals surface area (Å²) < 4.78 is 10.9. The van der Waals surface area contributed by atoms with E-state index >= 15 is 0 Å². The highest BCUT2D eigenvalue weighted by atomic mass is 16.5. The van der Waals surface area contributed by atoms with Gasteiger partial charge >= 0.3 is 5.97 Å². The molecule has 0 saturated carbocycles. The Bertz CT molecular complexity index is 467. The molecule has 0 heterocycles. The van der Waals surface area contributed by atoms with Crippen molar-refractivity contribution < 1.29 is 14.3 Å². The summed E-state index contributed by atoms with van der Waals surface area (Å²) in [5, 5.41) is 0. The van der Waals surface area contributed by atoms with Crippen LogP contribution in [0, 0.1) is 5.92 Å². The predicted molar refractivity (Wildman–Crippen MR) is 85.6 cm³/mol. The highest BCUT2D eigenvalue weighted by Gasteiger charge is 2.12. The molecule has 0 aromatic heterocycles. The normalized spacial score (nSPS) is 16.5. The fraction of sp³-hybridized carbons (Fsp3) is 0.389. The van der Waals surface area contributed by atoms with Crippen LogP contribution in [-0.4, -0.2) is 19.2 Å².